The lowest BCUT2D eigenvalue weighted by Crippen LogP contribution is -2.25. The van der Waals surface area contributed by atoms with E-state index < -0.39 is 0 Å². The predicted octanol–water partition coefficient (Wildman–Crippen LogP) is 8.64. The topological polar surface area (TPSA) is 0 Å². The number of terminal acetylenes is 1. The highest BCUT2D eigenvalue weighted by atomic mass is 79.9. The molecular weight excluding hydrogens is 404 g/mol. The van der Waals surface area contributed by atoms with Crippen LogP contribution in [0.4, 0.5) is 0 Å². The molecule has 0 amide bonds. The van der Waals surface area contributed by atoms with E-state index in [2.05, 4.69) is 72.1 Å². The molecule has 148 valence electrons. The van der Waals surface area contributed by atoms with Gasteiger partial charge in [0.25, 0.3) is 0 Å². The zero-order chi connectivity index (χ0) is 20.0. The summed E-state index contributed by atoms with van der Waals surface area (Å²) in [5, 5.41) is 0. The second-order valence-corrected chi connectivity index (χ2v) is 9.21. The van der Waals surface area contributed by atoms with Crippen molar-refractivity contribution >= 4 is 15.9 Å². The van der Waals surface area contributed by atoms with Crippen molar-refractivity contribution in [1.29, 1.82) is 0 Å². The van der Waals surface area contributed by atoms with Gasteiger partial charge in [0.2, 0.25) is 0 Å². The van der Waals surface area contributed by atoms with E-state index in [9.17, 15) is 0 Å². The summed E-state index contributed by atoms with van der Waals surface area (Å²) in [5.41, 5.74) is 6.92. The van der Waals surface area contributed by atoms with Crippen molar-refractivity contribution in [2.45, 2.75) is 83.5 Å². The Labute approximate surface area is 180 Å². The lowest BCUT2D eigenvalue weighted by molar-refractivity contribution is 0.401. The molecule has 2 aromatic carbocycles. The summed E-state index contributed by atoms with van der Waals surface area (Å²) in [6.07, 6.45) is 18.7. The van der Waals surface area contributed by atoms with E-state index in [0.717, 1.165) is 5.56 Å². The van der Waals surface area contributed by atoms with Gasteiger partial charge in [-0.3, -0.25) is 0 Å². The van der Waals surface area contributed by atoms with Crippen molar-refractivity contribution < 1.29 is 0 Å². The Morgan fingerprint density at radius 2 is 1.36 bits per heavy atom. The summed E-state index contributed by atoms with van der Waals surface area (Å²) >= 11 is 3.74. The van der Waals surface area contributed by atoms with Crippen LogP contribution in [0, 0.1) is 12.3 Å². The molecule has 0 aliphatic heterocycles. The third-order valence-electron chi connectivity index (χ3n) is 6.40. The fourth-order valence-electron chi connectivity index (χ4n) is 4.93. The lowest BCUT2D eigenvalue weighted by atomic mass is 9.70. The second-order valence-electron chi connectivity index (χ2n) is 8.30. The van der Waals surface area contributed by atoms with Gasteiger partial charge >= 0.3 is 0 Å². The highest BCUT2D eigenvalue weighted by Crippen LogP contribution is 2.54. The number of fused-ring (bicyclic) bond motifs is 3. The molecule has 0 saturated carbocycles. The summed E-state index contributed by atoms with van der Waals surface area (Å²) in [5.74, 6) is 2.88. The van der Waals surface area contributed by atoms with Crippen molar-refractivity contribution in [2.24, 2.45) is 0 Å². The van der Waals surface area contributed by atoms with Gasteiger partial charge in [-0.2, -0.15) is 0 Å². The van der Waals surface area contributed by atoms with Crippen LogP contribution < -0.4 is 0 Å². The largest absolute Gasteiger partial charge is 0.115 e. The Morgan fingerprint density at radius 1 is 0.786 bits per heavy atom. The molecule has 0 unspecified atom stereocenters. The molecule has 0 atom stereocenters. The van der Waals surface area contributed by atoms with Crippen LogP contribution in [0.2, 0.25) is 0 Å². The van der Waals surface area contributed by atoms with Crippen LogP contribution >= 0.6 is 15.9 Å². The number of benzene rings is 2. The van der Waals surface area contributed by atoms with Crippen LogP contribution in [0.5, 0.6) is 0 Å². The number of rotatable bonds is 10. The molecule has 0 heterocycles. The average molecular weight is 437 g/mol. The fraction of sp³-hybridized carbons (Fsp3) is 0.481. The molecule has 0 fully saturated rings. The van der Waals surface area contributed by atoms with Crippen LogP contribution in [0.1, 0.15) is 94.7 Å². The second kappa shape index (κ2) is 9.80. The van der Waals surface area contributed by atoms with Crippen molar-refractivity contribution in [3.8, 4) is 23.5 Å². The van der Waals surface area contributed by atoms with Crippen molar-refractivity contribution in [3.63, 3.8) is 0 Å². The molecule has 2 aromatic rings. The van der Waals surface area contributed by atoms with Gasteiger partial charge in [0.15, 0.2) is 0 Å². The number of halogens is 1. The molecule has 0 nitrogen and oxygen atoms in total. The Bertz CT molecular complexity index is 828. The summed E-state index contributed by atoms with van der Waals surface area (Å²) < 4.78 is 1.18. The number of unbranched alkanes of at least 4 members (excludes halogenated alkanes) is 6. The van der Waals surface area contributed by atoms with Crippen LogP contribution in [0.15, 0.2) is 40.9 Å². The zero-order valence-electron chi connectivity index (χ0n) is 17.5. The van der Waals surface area contributed by atoms with E-state index in [1.165, 1.54) is 90.9 Å². The Balaban J connectivity index is 2.06. The predicted molar refractivity (Wildman–Crippen MR) is 126 cm³/mol. The standard InChI is InChI=1S/C27H33Br/c1-4-7-9-11-17-27(18-12-10-8-5-2)25-19-21(6-3)13-15-23(25)24-16-14-22(28)20-26(24)27/h3,13-16,19-20H,4-5,7-12,17-18H2,1-2H3. The van der Waals surface area contributed by atoms with Gasteiger partial charge in [0.05, 0.1) is 0 Å². The van der Waals surface area contributed by atoms with Gasteiger partial charge in [-0.05, 0) is 59.4 Å². The third-order valence-corrected chi connectivity index (χ3v) is 6.90. The minimum atomic E-state index is 0.114. The highest BCUT2D eigenvalue weighted by Gasteiger charge is 2.42. The molecule has 0 radical (unpaired) electrons. The smallest absolute Gasteiger partial charge is 0.0246 e. The molecular formula is C27H33Br. The Morgan fingerprint density at radius 3 is 1.93 bits per heavy atom. The summed E-state index contributed by atoms with van der Waals surface area (Å²) in [6, 6.07) is 13.5. The van der Waals surface area contributed by atoms with Gasteiger partial charge in [-0.15, -0.1) is 6.42 Å². The number of hydrogen-bond donors (Lipinski definition) is 0. The molecule has 1 aliphatic rings. The first kappa shape index (κ1) is 21.2. The van der Waals surface area contributed by atoms with Crippen molar-refractivity contribution in [3.05, 3.63) is 57.6 Å². The molecule has 0 spiro atoms. The Kier molecular flexibility index (Phi) is 7.42. The maximum absolute atomic E-state index is 5.78. The normalized spacial score (nSPS) is 13.8. The molecule has 0 bridgehead atoms. The first-order chi connectivity index (χ1) is 13.7. The van der Waals surface area contributed by atoms with Gasteiger partial charge < -0.3 is 0 Å². The molecule has 1 heteroatoms. The quantitative estimate of drug-likeness (QED) is 0.258. The van der Waals surface area contributed by atoms with Gasteiger partial charge in [0.1, 0.15) is 0 Å². The van der Waals surface area contributed by atoms with E-state index in [1.807, 2.05) is 0 Å². The van der Waals surface area contributed by atoms with Crippen LogP contribution in [0.25, 0.3) is 11.1 Å². The monoisotopic (exact) mass is 436 g/mol. The van der Waals surface area contributed by atoms with E-state index in [0.29, 0.717) is 0 Å². The number of hydrogen-bond acceptors (Lipinski definition) is 0. The van der Waals surface area contributed by atoms with E-state index in [4.69, 9.17) is 6.42 Å². The minimum Gasteiger partial charge on any atom is -0.115 e. The van der Waals surface area contributed by atoms with Crippen molar-refractivity contribution in [2.75, 3.05) is 0 Å². The first-order valence-corrected chi connectivity index (χ1v) is 11.9. The highest BCUT2D eigenvalue weighted by molar-refractivity contribution is 9.10. The third kappa shape index (κ3) is 4.23. The van der Waals surface area contributed by atoms with E-state index >= 15 is 0 Å². The summed E-state index contributed by atoms with van der Waals surface area (Å²) in [7, 11) is 0. The molecule has 28 heavy (non-hydrogen) atoms. The Hall–Kier alpha value is -1.52. The average Bonchev–Trinajstić information content (AvgIpc) is 2.97. The zero-order valence-corrected chi connectivity index (χ0v) is 19.1. The molecule has 3 rings (SSSR count). The van der Waals surface area contributed by atoms with Gasteiger partial charge in [0, 0.05) is 15.5 Å². The van der Waals surface area contributed by atoms with E-state index in [1.54, 1.807) is 0 Å². The molecule has 0 N–H and O–H groups in total. The van der Waals surface area contributed by atoms with E-state index in [-0.39, 0.29) is 5.41 Å². The van der Waals surface area contributed by atoms with Crippen LogP contribution in [0.3, 0.4) is 0 Å². The maximum Gasteiger partial charge on any atom is 0.0246 e. The van der Waals surface area contributed by atoms with Crippen molar-refractivity contribution in [1.82, 2.24) is 0 Å². The molecule has 0 saturated heterocycles. The minimum absolute atomic E-state index is 0.114. The van der Waals surface area contributed by atoms with Crippen LogP contribution in [-0.2, 0) is 5.41 Å². The van der Waals surface area contributed by atoms with Crippen LogP contribution in [-0.4, -0.2) is 0 Å². The van der Waals surface area contributed by atoms with Gasteiger partial charge in [-0.25, -0.2) is 0 Å². The maximum atomic E-state index is 5.78. The molecule has 1 aliphatic carbocycles. The summed E-state index contributed by atoms with van der Waals surface area (Å²) in [6.45, 7) is 4.58. The molecule has 0 aromatic heterocycles. The lowest BCUT2D eigenvalue weighted by Gasteiger charge is -2.33. The fourth-order valence-corrected chi connectivity index (χ4v) is 5.29. The first-order valence-electron chi connectivity index (χ1n) is 11.1. The van der Waals surface area contributed by atoms with Gasteiger partial charge in [-0.1, -0.05) is 99.2 Å². The summed E-state index contributed by atoms with van der Waals surface area (Å²) in [4.78, 5) is 0. The SMILES string of the molecule is C#Cc1ccc2c(c1)C(CCCCCC)(CCCCCC)c1cc(Br)ccc1-2.